The van der Waals surface area contributed by atoms with Crippen LogP contribution >= 0.6 is 0 Å². The van der Waals surface area contributed by atoms with E-state index in [1.165, 1.54) is 36.9 Å². The highest BCUT2D eigenvalue weighted by atomic mass is 15.3. The van der Waals surface area contributed by atoms with Crippen LogP contribution in [0.5, 0.6) is 0 Å². The lowest BCUT2D eigenvalue weighted by Crippen LogP contribution is -2.28. The fourth-order valence-electron chi connectivity index (χ4n) is 4.41. The molecule has 2 aliphatic heterocycles. The molecular weight excluding hydrogens is 384 g/mol. The van der Waals surface area contributed by atoms with Crippen molar-refractivity contribution < 1.29 is 0 Å². The summed E-state index contributed by atoms with van der Waals surface area (Å²) >= 11 is 0. The Morgan fingerprint density at radius 3 is 2.55 bits per heavy atom. The highest BCUT2D eigenvalue weighted by Gasteiger charge is 2.22. The van der Waals surface area contributed by atoms with Gasteiger partial charge in [0.15, 0.2) is 0 Å². The van der Waals surface area contributed by atoms with Crippen molar-refractivity contribution in [2.45, 2.75) is 38.1 Å². The molecule has 1 aromatic heterocycles. The summed E-state index contributed by atoms with van der Waals surface area (Å²) in [5, 5.41) is 3.57. The van der Waals surface area contributed by atoms with E-state index in [9.17, 15) is 0 Å². The quantitative estimate of drug-likeness (QED) is 0.727. The first-order valence-electron chi connectivity index (χ1n) is 11.7. The summed E-state index contributed by atoms with van der Waals surface area (Å²) in [7, 11) is 4.14. The third kappa shape index (κ3) is 6.20. The van der Waals surface area contributed by atoms with Crippen molar-refractivity contribution in [3.05, 3.63) is 48.2 Å². The number of aromatic nitrogens is 2. The number of anilines is 3. The van der Waals surface area contributed by atoms with E-state index in [0.29, 0.717) is 6.04 Å². The summed E-state index contributed by atoms with van der Waals surface area (Å²) in [4.78, 5) is 16.3. The van der Waals surface area contributed by atoms with Crippen LogP contribution in [0, 0.1) is 0 Å². The summed E-state index contributed by atoms with van der Waals surface area (Å²) in [6.07, 6.45) is 12.7. The molecule has 1 unspecified atom stereocenters. The van der Waals surface area contributed by atoms with Crippen molar-refractivity contribution in [2.75, 3.05) is 61.9 Å². The van der Waals surface area contributed by atoms with E-state index in [2.05, 4.69) is 75.5 Å². The van der Waals surface area contributed by atoms with E-state index >= 15 is 0 Å². The topological polar surface area (TPSA) is 47.5 Å². The summed E-state index contributed by atoms with van der Waals surface area (Å²) in [5.74, 6) is 1.84. The van der Waals surface area contributed by atoms with E-state index in [1.54, 1.807) is 0 Å². The van der Waals surface area contributed by atoms with Gasteiger partial charge in [-0.15, -0.1) is 0 Å². The molecule has 2 saturated heterocycles. The molecule has 0 bridgehead atoms. The first kappa shape index (κ1) is 21.6. The van der Waals surface area contributed by atoms with Crippen molar-refractivity contribution >= 4 is 23.5 Å². The zero-order chi connectivity index (χ0) is 21.5. The second-order valence-corrected chi connectivity index (χ2v) is 8.92. The maximum atomic E-state index is 4.82. The minimum Gasteiger partial charge on any atom is -0.378 e. The molecule has 0 amide bonds. The molecule has 1 atom stereocenters. The fourth-order valence-corrected chi connectivity index (χ4v) is 4.41. The largest absolute Gasteiger partial charge is 0.378 e. The number of hydrogen-bond acceptors (Lipinski definition) is 6. The van der Waals surface area contributed by atoms with Crippen LogP contribution in [-0.2, 0) is 0 Å². The van der Waals surface area contributed by atoms with Gasteiger partial charge in [0.1, 0.15) is 5.82 Å². The van der Waals surface area contributed by atoms with Crippen LogP contribution in [0.15, 0.2) is 42.6 Å². The van der Waals surface area contributed by atoms with Gasteiger partial charge in [-0.1, -0.05) is 37.1 Å². The fraction of sp³-hybridized carbons (Fsp3) is 0.520. The molecule has 0 saturated carbocycles. The van der Waals surface area contributed by atoms with Gasteiger partial charge in [0.2, 0.25) is 5.95 Å². The molecule has 31 heavy (non-hydrogen) atoms. The van der Waals surface area contributed by atoms with Gasteiger partial charge in [-0.2, -0.15) is 4.98 Å². The molecule has 6 nitrogen and oxygen atoms in total. The average molecular weight is 421 g/mol. The van der Waals surface area contributed by atoms with Crippen molar-refractivity contribution in [3.8, 4) is 0 Å². The van der Waals surface area contributed by atoms with Gasteiger partial charge in [0, 0.05) is 64.7 Å². The number of benzene rings is 1. The average Bonchev–Trinajstić information content (AvgIpc) is 3.04. The predicted molar refractivity (Wildman–Crippen MR) is 131 cm³/mol. The Labute approximate surface area is 187 Å². The van der Waals surface area contributed by atoms with E-state index in [4.69, 9.17) is 4.98 Å². The second kappa shape index (κ2) is 10.6. The number of nitrogens with zero attached hydrogens (tertiary/aromatic N) is 5. The molecule has 1 N–H and O–H groups in total. The number of rotatable bonds is 7. The van der Waals surface area contributed by atoms with Crippen LogP contribution in [0.2, 0.25) is 0 Å². The van der Waals surface area contributed by atoms with Crippen LogP contribution in [0.1, 0.15) is 37.7 Å². The zero-order valence-corrected chi connectivity index (χ0v) is 19.0. The van der Waals surface area contributed by atoms with Gasteiger partial charge in [-0.3, -0.25) is 4.90 Å². The molecule has 3 heterocycles. The van der Waals surface area contributed by atoms with E-state index < -0.39 is 0 Å². The third-order valence-electron chi connectivity index (χ3n) is 6.26. The minimum absolute atomic E-state index is 0.409. The van der Waals surface area contributed by atoms with Gasteiger partial charge >= 0.3 is 0 Å². The lowest BCUT2D eigenvalue weighted by molar-refractivity contribution is 0.374. The van der Waals surface area contributed by atoms with E-state index in [-0.39, 0.29) is 0 Å². The van der Waals surface area contributed by atoms with E-state index in [0.717, 1.165) is 50.9 Å². The molecule has 6 heteroatoms. The first-order chi connectivity index (χ1) is 15.2. The third-order valence-corrected chi connectivity index (χ3v) is 6.26. The Kier molecular flexibility index (Phi) is 7.41. The minimum atomic E-state index is 0.409. The van der Waals surface area contributed by atoms with E-state index in [1.807, 2.05) is 12.3 Å². The van der Waals surface area contributed by atoms with Crippen LogP contribution in [0.3, 0.4) is 0 Å². The van der Waals surface area contributed by atoms with Crippen molar-refractivity contribution in [1.29, 1.82) is 0 Å². The van der Waals surface area contributed by atoms with Gasteiger partial charge in [-0.05, 0) is 43.0 Å². The zero-order valence-electron chi connectivity index (χ0n) is 19.0. The van der Waals surface area contributed by atoms with Gasteiger partial charge in [0.25, 0.3) is 0 Å². The number of nitrogens with one attached hydrogen (secondary N) is 1. The summed E-state index contributed by atoms with van der Waals surface area (Å²) < 4.78 is 0. The maximum Gasteiger partial charge on any atom is 0.224 e. The van der Waals surface area contributed by atoms with Crippen molar-refractivity contribution in [2.24, 2.45) is 0 Å². The smallest absolute Gasteiger partial charge is 0.224 e. The molecule has 2 fully saturated rings. The molecule has 4 rings (SSSR count). The molecule has 2 aromatic rings. The highest BCUT2D eigenvalue weighted by molar-refractivity contribution is 5.55. The standard InChI is InChI=1S/C25H36N6/c1-29(2)23-11-9-21(10-12-23)8-7-16-30-19-14-22(20-30)27-25-26-15-13-24(28-25)31-17-5-3-4-6-18-31/h7-13,15,22H,3-6,14,16-20H2,1-2H3,(H,26,27,28). The monoisotopic (exact) mass is 420 g/mol. The lowest BCUT2D eigenvalue weighted by Gasteiger charge is -2.22. The molecular formula is C25H36N6. The predicted octanol–water partition coefficient (Wildman–Crippen LogP) is 4.12. The van der Waals surface area contributed by atoms with Gasteiger partial charge in [0.05, 0.1) is 0 Å². The van der Waals surface area contributed by atoms with Gasteiger partial charge in [-0.25, -0.2) is 4.98 Å². The van der Waals surface area contributed by atoms with Crippen LogP contribution in [-0.4, -0.2) is 67.7 Å². The molecule has 2 aliphatic rings. The summed E-state index contributed by atoms with van der Waals surface area (Å²) in [6.45, 7) is 5.33. The normalized spacial score (nSPS) is 20.2. The lowest BCUT2D eigenvalue weighted by atomic mass is 10.2. The Morgan fingerprint density at radius 1 is 1.03 bits per heavy atom. The van der Waals surface area contributed by atoms with Crippen LogP contribution in [0.25, 0.3) is 6.08 Å². The molecule has 0 aliphatic carbocycles. The van der Waals surface area contributed by atoms with Crippen molar-refractivity contribution in [3.63, 3.8) is 0 Å². The second-order valence-electron chi connectivity index (χ2n) is 8.92. The molecule has 0 radical (unpaired) electrons. The van der Waals surface area contributed by atoms with Gasteiger partial charge < -0.3 is 15.1 Å². The Balaban J connectivity index is 1.26. The molecule has 0 spiro atoms. The van der Waals surface area contributed by atoms with Crippen LogP contribution < -0.4 is 15.1 Å². The Bertz CT molecular complexity index is 839. The molecule has 1 aromatic carbocycles. The summed E-state index contributed by atoms with van der Waals surface area (Å²) in [5.41, 5.74) is 2.48. The molecule has 166 valence electrons. The maximum absolute atomic E-state index is 4.82. The first-order valence-corrected chi connectivity index (χ1v) is 11.7. The Morgan fingerprint density at radius 2 is 1.81 bits per heavy atom. The summed E-state index contributed by atoms with van der Waals surface area (Å²) in [6, 6.07) is 11.1. The van der Waals surface area contributed by atoms with Crippen LogP contribution in [0.4, 0.5) is 17.5 Å². The number of hydrogen-bond donors (Lipinski definition) is 1. The Hall–Kier alpha value is -2.60. The highest BCUT2D eigenvalue weighted by Crippen LogP contribution is 2.20. The van der Waals surface area contributed by atoms with Crippen molar-refractivity contribution in [1.82, 2.24) is 14.9 Å². The SMILES string of the molecule is CN(C)c1ccc(C=CCN2CCC(Nc3nccc(N4CCCCCC4)n3)C2)cc1. The number of likely N-dealkylation sites (tertiary alicyclic amines) is 1.